The van der Waals surface area contributed by atoms with Gasteiger partial charge in [-0.1, -0.05) is 78.9 Å². The standard InChI is InChI=1S/C35H35N3O3/c36-21-24-40-32-18-15-28(16-19-32)25-31-27-37(26-29-9-3-1-4-10-29)22-23-38(31)35(39)20-17-30-11-7-8-14-34(30)41-33-12-5-2-6-13-33/h1-16,18-19,31H,17,20,22-27H2/t31-/m1/s1. The largest absolute Gasteiger partial charge is 0.479 e. The molecule has 1 aliphatic heterocycles. The van der Waals surface area contributed by atoms with Crippen LogP contribution in [0.4, 0.5) is 0 Å². The highest BCUT2D eigenvalue weighted by molar-refractivity contribution is 5.77. The second-order valence-corrected chi connectivity index (χ2v) is 10.3. The third-order valence-corrected chi connectivity index (χ3v) is 7.39. The lowest BCUT2D eigenvalue weighted by Crippen LogP contribution is -2.55. The first-order valence-corrected chi connectivity index (χ1v) is 14.1. The average Bonchev–Trinajstić information content (AvgIpc) is 3.01. The summed E-state index contributed by atoms with van der Waals surface area (Å²) < 4.78 is 11.6. The van der Waals surface area contributed by atoms with Crippen LogP contribution in [0.25, 0.3) is 0 Å². The molecule has 6 heteroatoms. The molecule has 4 aromatic carbocycles. The first-order chi connectivity index (χ1) is 20.2. The lowest BCUT2D eigenvalue weighted by atomic mass is 10.00. The van der Waals surface area contributed by atoms with Crippen LogP contribution in [0.2, 0.25) is 0 Å². The summed E-state index contributed by atoms with van der Waals surface area (Å²) in [5.74, 6) is 2.41. The molecule has 41 heavy (non-hydrogen) atoms. The van der Waals surface area contributed by atoms with Crippen LogP contribution in [0.3, 0.4) is 0 Å². The molecule has 5 rings (SSSR count). The Morgan fingerprint density at radius 1 is 0.805 bits per heavy atom. The monoisotopic (exact) mass is 545 g/mol. The summed E-state index contributed by atoms with van der Waals surface area (Å²) >= 11 is 0. The second-order valence-electron chi connectivity index (χ2n) is 10.3. The van der Waals surface area contributed by atoms with E-state index in [1.165, 1.54) is 5.56 Å². The Bertz CT molecular complexity index is 1440. The molecule has 1 saturated heterocycles. The Balaban J connectivity index is 1.27. The zero-order chi connectivity index (χ0) is 28.3. The van der Waals surface area contributed by atoms with E-state index in [0.29, 0.717) is 25.1 Å². The molecule has 0 aromatic heterocycles. The van der Waals surface area contributed by atoms with Crippen LogP contribution < -0.4 is 9.47 Å². The first kappa shape index (κ1) is 27.9. The number of nitrogens with zero attached hydrogens (tertiary/aromatic N) is 3. The van der Waals surface area contributed by atoms with Gasteiger partial charge in [-0.2, -0.15) is 5.26 Å². The minimum atomic E-state index is 0.0260. The fraction of sp³-hybridized carbons (Fsp3) is 0.257. The summed E-state index contributed by atoms with van der Waals surface area (Å²) in [6.45, 7) is 3.23. The normalized spacial score (nSPS) is 15.2. The number of carbonyl (C=O) groups is 1. The van der Waals surface area contributed by atoms with Gasteiger partial charge in [-0.3, -0.25) is 9.69 Å². The number of carbonyl (C=O) groups excluding carboxylic acids is 1. The van der Waals surface area contributed by atoms with Crippen LogP contribution in [0.15, 0.2) is 109 Å². The van der Waals surface area contributed by atoms with E-state index in [9.17, 15) is 4.79 Å². The van der Waals surface area contributed by atoms with Crippen LogP contribution in [0.1, 0.15) is 23.1 Å². The number of benzene rings is 4. The molecular weight excluding hydrogens is 510 g/mol. The third kappa shape index (κ3) is 7.97. The van der Waals surface area contributed by atoms with Crippen molar-refractivity contribution in [3.05, 3.63) is 126 Å². The summed E-state index contributed by atoms with van der Waals surface area (Å²) in [7, 11) is 0. The van der Waals surface area contributed by atoms with E-state index < -0.39 is 0 Å². The molecule has 0 radical (unpaired) electrons. The molecule has 0 bridgehead atoms. The zero-order valence-electron chi connectivity index (χ0n) is 23.2. The van der Waals surface area contributed by atoms with Gasteiger partial charge >= 0.3 is 0 Å². The molecule has 0 N–H and O–H groups in total. The number of hydrogen-bond donors (Lipinski definition) is 0. The maximum Gasteiger partial charge on any atom is 0.223 e. The van der Waals surface area contributed by atoms with Crippen LogP contribution in [-0.4, -0.2) is 48.0 Å². The highest BCUT2D eigenvalue weighted by atomic mass is 16.5. The Morgan fingerprint density at radius 2 is 1.51 bits per heavy atom. The smallest absolute Gasteiger partial charge is 0.223 e. The lowest BCUT2D eigenvalue weighted by molar-refractivity contribution is -0.136. The van der Waals surface area contributed by atoms with Crippen molar-refractivity contribution in [2.24, 2.45) is 0 Å². The molecule has 4 aromatic rings. The van der Waals surface area contributed by atoms with E-state index in [2.05, 4.69) is 34.1 Å². The van der Waals surface area contributed by atoms with E-state index >= 15 is 0 Å². The number of nitriles is 1. The van der Waals surface area contributed by atoms with Gasteiger partial charge in [0.1, 0.15) is 23.3 Å². The summed E-state index contributed by atoms with van der Waals surface area (Å²) in [6, 6.07) is 38.1. The third-order valence-electron chi connectivity index (χ3n) is 7.39. The fourth-order valence-corrected chi connectivity index (χ4v) is 5.33. The highest BCUT2D eigenvalue weighted by Gasteiger charge is 2.30. The van der Waals surface area contributed by atoms with Crippen molar-refractivity contribution in [2.75, 3.05) is 26.2 Å². The minimum Gasteiger partial charge on any atom is -0.479 e. The molecular formula is C35H35N3O3. The molecule has 0 spiro atoms. The molecule has 1 aliphatic rings. The minimum absolute atomic E-state index is 0.0260. The average molecular weight is 546 g/mol. The quantitative estimate of drug-likeness (QED) is 0.222. The SMILES string of the molecule is N#CCOc1ccc(C[C@@H]2CN(Cc3ccccc3)CCN2C(=O)CCc2ccccc2Oc2ccccc2)cc1. The number of aryl methyl sites for hydroxylation is 1. The van der Waals surface area contributed by atoms with Gasteiger partial charge in [0, 0.05) is 38.6 Å². The van der Waals surface area contributed by atoms with Gasteiger partial charge in [-0.25, -0.2) is 0 Å². The molecule has 0 aliphatic carbocycles. The van der Waals surface area contributed by atoms with Crippen molar-refractivity contribution in [3.63, 3.8) is 0 Å². The second kappa shape index (κ2) is 14.2. The van der Waals surface area contributed by atoms with Gasteiger partial charge < -0.3 is 14.4 Å². The highest BCUT2D eigenvalue weighted by Crippen LogP contribution is 2.27. The number of rotatable bonds is 11. The van der Waals surface area contributed by atoms with Crippen molar-refractivity contribution in [1.82, 2.24) is 9.80 Å². The van der Waals surface area contributed by atoms with Gasteiger partial charge in [0.2, 0.25) is 5.91 Å². The molecule has 1 atom stereocenters. The molecule has 1 amide bonds. The Morgan fingerprint density at radius 3 is 2.27 bits per heavy atom. The first-order valence-electron chi connectivity index (χ1n) is 14.1. The topological polar surface area (TPSA) is 65.8 Å². The van der Waals surface area contributed by atoms with Crippen molar-refractivity contribution in [3.8, 4) is 23.3 Å². The van der Waals surface area contributed by atoms with E-state index in [4.69, 9.17) is 14.7 Å². The Hall–Kier alpha value is -4.60. The number of hydrogen-bond acceptors (Lipinski definition) is 5. The Labute approximate surface area is 242 Å². The van der Waals surface area contributed by atoms with Crippen LogP contribution in [0.5, 0.6) is 17.2 Å². The van der Waals surface area contributed by atoms with Gasteiger partial charge in [-0.05, 0) is 59.9 Å². The molecule has 0 unspecified atom stereocenters. The van der Waals surface area contributed by atoms with E-state index in [-0.39, 0.29) is 18.6 Å². The van der Waals surface area contributed by atoms with Crippen LogP contribution in [0, 0.1) is 11.3 Å². The van der Waals surface area contributed by atoms with Crippen molar-refractivity contribution < 1.29 is 14.3 Å². The van der Waals surface area contributed by atoms with E-state index in [1.54, 1.807) is 0 Å². The van der Waals surface area contributed by atoms with Crippen molar-refractivity contribution >= 4 is 5.91 Å². The zero-order valence-corrected chi connectivity index (χ0v) is 23.2. The van der Waals surface area contributed by atoms with E-state index in [0.717, 1.165) is 48.7 Å². The van der Waals surface area contributed by atoms with Gasteiger partial charge in [0.05, 0.1) is 0 Å². The summed E-state index contributed by atoms with van der Waals surface area (Å²) in [6.07, 6.45) is 1.79. The summed E-state index contributed by atoms with van der Waals surface area (Å²) in [5, 5.41) is 8.78. The maximum absolute atomic E-state index is 13.7. The summed E-state index contributed by atoms with van der Waals surface area (Å²) in [4.78, 5) is 18.2. The number of ether oxygens (including phenoxy) is 2. The van der Waals surface area contributed by atoms with Crippen LogP contribution >= 0.6 is 0 Å². The molecule has 0 saturated carbocycles. The predicted octanol–water partition coefficient (Wildman–Crippen LogP) is 6.27. The Kier molecular flexibility index (Phi) is 9.65. The van der Waals surface area contributed by atoms with Gasteiger partial charge in [-0.15, -0.1) is 0 Å². The van der Waals surface area contributed by atoms with Gasteiger partial charge in [0.15, 0.2) is 6.61 Å². The lowest BCUT2D eigenvalue weighted by Gasteiger charge is -2.42. The molecule has 1 fully saturated rings. The van der Waals surface area contributed by atoms with Gasteiger partial charge in [0.25, 0.3) is 0 Å². The molecule has 208 valence electrons. The number of amides is 1. The fourth-order valence-electron chi connectivity index (χ4n) is 5.33. The van der Waals surface area contributed by atoms with Crippen molar-refractivity contribution in [1.29, 1.82) is 5.26 Å². The predicted molar refractivity (Wildman–Crippen MR) is 160 cm³/mol. The van der Waals surface area contributed by atoms with Crippen molar-refractivity contribution in [2.45, 2.75) is 31.8 Å². The molecule has 6 nitrogen and oxygen atoms in total. The number of para-hydroxylation sites is 2. The van der Waals surface area contributed by atoms with Crippen LogP contribution in [-0.2, 0) is 24.2 Å². The summed E-state index contributed by atoms with van der Waals surface area (Å²) in [5.41, 5.74) is 3.44. The van der Waals surface area contributed by atoms with E-state index in [1.807, 2.05) is 91.0 Å². The maximum atomic E-state index is 13.7. The number of piperazine rings is 1. The molecule has 1 heterocycles.